The molecule has 0 amide bonds. The van der Waals surface area contributed by atoms with E-state index in [0.29, 0.717) is 35.9 Å². The highest BCUT2D eigenvalue weighted by Gasteiger charge is 2.53. The fourth-order valence-corrected chi connectivity index (χ4v) is 7.37. The second kappa shape index (κ2) is 10.5. The van der Waals surface area contributed by atoms with Crippen molar-refractivity contribution in [1.29, 1.82) is 0 Å². The van der Waals surface area contributed by atoms with E-state index in [9.17, 15) is 9.50 Å². The Morgan fingerprint density at radius 2 is 1.87 bits per heavy atom. The molecule has 2 fully saturated rings. The molecule has 0 radical (unpaired) electrons. The van der Waals surface area contributed by atoms with Crippen molar-refractivity contribution in [3.05, 3.63) is 88.7 Å². The molecule has 1 N–H and O–H groups in total. The molecule has 202 valence electrons. The molecule has 3 aliphatic rings. The molecule has 0 heterocycles. The van der Waals surface area contributed by atoms with Crippen molar-refractivity contribution in [3.63, 3.8) is 0 Å². The van der Waals surface area contributed by atoms with Gasteiger partial charge in [0, 0.05) is 16.7 Å². The first kappa shape index (κ1) is 25.6. The Balaban J connectivity index is 1.16. The van der Waals surface area contributed by atoms with Crippen LogP contribution in [0, 0.1) is 23.1 Å². The predicted octanol–water partition coefficient (Wildman–Crippen LogP) is 7.45. The predicted molar refractivity (Wildman–Crippen MR) is 151 cm³/mol. The van der Waals surface area contributed by atoms with Crippen LogP contribution in [-0.2, 0) is 13.0 Å². The molecule has 6 heteroatoms. The molecule has 0 aliphatic heterocycles. The highest BCUT2D eigenvalue weighted by atomic mass is 19.1. The zero-order valence-electron chi connectivity index (χ0n) is 22.6. The van der Waals surface area contributed by atoms with E-state index in [0.717, 1.165) is 42.6 Å². The standard InChI is InChI=1S/C33H35FN2O3/c1-33-16-15-28-27-11-7-25(37)18-22(27)4-10-29(28)30(33)12-14-32(33)36-35-19-21-3-13-31(38-2)23(17-21)20-39-26-8-5-24(34)6-9-26/h3,5-9,11,13,17-19,28-30,37H,4,10,12,14-16,20H2,1-2H3/b35-19+,36-32+/t28-,29-,30+,33+/m1/s1. The number of hydrogen-bond acceptors (Lipinski definition) is 5. The van der Waals surface area contributed by atoms with Crippen molar-refractivity contribution in [1.82, 2.24) is 0 Å². The minimum absolute atomic E-state index is 0.0982. The quantitative estimate of drug-likeness (QED) is 0.268. The van der Waals surface area contributed by atoms with Crippen LogP contribution >= 0.6 is 0 Å². The van der Waals surface area contributed by atoms with Crippen LogP contribution in [0.2, 0.25) is 0 Å². The fraction of sp³-hybridized carbons (Fsp3) is 0.394. The highest BCUT2D eigenvalue weighted by molar-refractivity contribution is 5.93. The minimum Gasteiger partial charge on any atom is -0.508 e. The molecule has 4 atom stereocenters. The third-order valence-electron chi connectivity index (χ3n) is 9.35. The summed E-state index contributed by atoms with van der Waals surface area (Å²) in [4.78, 5) is 0. The van der Waals surface area contributed by atoms with Crippen molar-refractivity contribution in [2.45, 2.75) is 58.0 Å². The van der Waals surface area contributed by atoms with E-state index in [4.69, 9.17) is 14.6 Å². The SMILES string of the molecule is COc1ccc(/C=N/N=C2\CC[C@H]3[C@@H]4CCc5cc(O)ccc5[C@H]4CC[C@]23C)cc1COc1ccc(F)cc1. The Labute approximate surface area is 229 Å². The van der Waals surface area contributed by atoms with Gasteiger partial charge in [0.2, 0.25) is 0 Å². The second-order valence-corrected chi connectivity index (χ2v) is 11.4. The smallest absolute Gasteiger partial charge is 0.125 e. The maximum Gasteiger partial charge on any atom is 0.125 e. The molecule has 0 unspecified atom stereocenters. The zero-order valence-corrected chi connectivity index (χ0v) is 22.6. The summed E-state index contributed by atoms with van der Waals surface area (Å²) in [5.74, 6) is 3.30. The van der Waals surface area contributed by atoms with Crippen LogP contribution in [0.4, 0.5) is 4.39 Å². The first-order chi connectivity index (χ1) is 18.9. The third kappa shape index (κ3) is 4.93. The van der Waals surface area contributed by atoms with E-state index in [1.54, 1.807) is 25.5 Å². The number of halogens is 1. The van der Waals surface area contributed by atoms with Gasteiger partial charge in [0.15, 0.2) is 0 Å². The number of methoxy groups -OCH3 is 1. The van der Waals surface area contributed by atoms with Crippen molar-refractivity contribution >= 4 is 11.9 Å². The van der Waals surface area contributed by atoms with Crippen LogP contribution in [0.3, 0.4) is 0 Å². The molecular formula is C33H35FN2O3. The number of aromatic hydroxyl groups is 1. The average molecular weight is 527 g/mol. The van der Waals surface area contributed by atoms with Crippen molar-refractivity contribution < 1.29 is 19.0 Å². The molecule has 3 aliphatic carbocycles. The molecular weight excluding hydrogens is 491 g/mol. The number of aryl methyl sites for hydroxylation is 1. The van der Waals surface area contributed by atoms with Crippen LogP contribution in [0.25, 0.3) is 0 Å². The van der Waals surface area contributed by atoms with Gasteiger partial charge in [-0.2, -0.15) is 10.2 Å². The summed E-state index contributed by atoms with van der Waals surface area (Å²) >= 11 is 0. The van der Waals surface area contributed by atoms with Gasteiger partial charge in [-0.05, 0) is 128 Å². The van der Waals surface area contributed by atoms with E-state index in [1.807, 2.05) is 30.3 Å². The topological polar surface area (TPSA) is 63.4 Å². The van der Waals surface area contributed by atoms with Crippen LogP contribution in [0.5, 0.6) is 17.2 Å². The van der Waals surface area contributed by atoms with Crippen molar-refractivity contribution in [2.75, 3.05) is 7.11 Å². The molecule has 2 saturated carbocycles. The number of ether oxygens (including phenoxy) is 2. The van der Waals surface area contributed by atoms with Crippen molar-refractivity contribution in [3.8, 4) is 17.2 Å². The lowest BCUT2D eigenvalue weighted by Gasteiger charge is -2.49. The van der Waals surface area contributed by atoms with Gasteiger partial charge in [0.05, 0.1) is 13.3 Å². The molecule has 0 saturated heterocycles. The first-order valence-electron chi connectivity index (χ1n) is 13.9. The van der Waals surface area contributed by atoms with E-state index in [-0.39, 0.29) is 11.2 Å². The molecule has 0 bridgehead atoms. The van der Waals surface area contributed by atoms with E-state index < -0.39 is 0 Å². The average Bonchev–Trinajstić information content (AvgIpc) is 3.28. The van der Waals surface area contributed by atoms with Gasteiger partial charge in [-0.3, -0.25) is 0 Å². The number of rotatable bonds is 6. The van der Waals surface area contributed by atoms with E-state index in [1.165, 1.54) is 41.8 Å². The van der Waals surface area contributed by atoms with Gasteiger partial charge in [-0.1, -0.05) is 13.0 Å². The monoisotopic (exact) mass is 526 g/mol. The summed E-state index contributed by atoms with van der Waals surface area (Å²) < 4.78 is 24.6. The molecule has 5 nitrogen and oxygen atoms in total. The van der Waals surface area contributed by atoms with Gasteiger partial charge >= 0.3 is 0 Å². The Morgan fingerprint density at radius 1 is 1.03 bits per heavy atom. The van der Waals surface area contributed by atoms with Gasteiger partial charge in [-0.15, -0.1) is 0 Å². The lowest BCUT2D eigenvalue weighted by Crippen LogP contribution is -2.42. The van der Waals surface area contributed by atoms with Crippen LogP contribution in [0.1, 0.15) is 67.2 Å². The Hall–Kier alpha value is -3.67. The summed E-state index contributed by atoms with van der Waals surface area (Å²) in [5.41, 5.74) is 5.92. The van der Waals surface area contributed by atoms with E-state index >= 15 is 0 Å². The summed E-state index contributed by atoms with van der Waals surface area (Å²) in [6, 6.07) is 17.8. The zero-order chi connectivity index (χ0) is 27.0. The second-order valence-electron chi connectivity index (χ2n) is 11.4. The summed E-state index contributed by atoms with van der Waals surface area (Å²) in [6.07, 6.45) is 8.50. The summed E-state index contributed by atoms with van der Waals surface area (Å²) in [6.45, 7) is 2.70. The molecule has 39 heavy (non-hydrogen) atoms. The number of phenols is 1. The van der Waals surface area contributed by atoms with Crippen molar-refractivity contribution in [2.24, 2.45) is 27.5 Å². The normalized spacial score (nSPS) is 26.7. The highest BCUT2D eigenvalue weighted by Crippen LogP contribution is 2.60. The summed E-state index contributed by atoms with van der Waals surface area (Å²) in [5, 5.41) is 19.3. The number of hydrogen-bond donors (Lipinski definition) is 1. The molecule has 3 aromatic carbocycles. The lowest BCUT2D eigenvalue weighted by atomic mass is 9.55. The number of nitrogens with zero attached hydrogens (tertiary/aromatic N) is 2. The maximum absolute atomic E-state index is 13.2. The number of fused-ring (bicyclic) bond motifs is 5. The first-order valence-corrected chi connectivity index (χ1v) is 13.9. The Morgan fingerprint density at radius 3 is 2.69 bits per heavy atom. The van der Waals surface area contributed by atoms with Gasteiger partial charge in [0.1, 0.15) is 29.7 Å². The fourth-order valence-electron chi connectivity index (χ4n) is 7.37. The Bertz CT molecular complexity index is 1420. The molecule has 6 rings (SSSR count). The number of phenolic OH excluding ortho intramolecular Hbond substituents is 1. The molecule has 3 aromatic rings. The molecule has 0 spiro atoms. The maximum atomic E-state index is 13.2. The van der Waals surface area contributed by atoms with Crippen LogP contribution in [-0.4, -0.2) is 24.1 Å². The van der Waals surface area contributed by atoms with Gasteiger partial charge in [-0.25, -0.2) is 4.39 Å². The Kier molecular flexibility index (Phi) is 6.88. The largest absolute Gasteiger partial charge is 0.508 e. The third-order valence-corrected chi connectivity index (χ3v) is 9.35. The van der Waals surface area contributed by atoms with Gasteiger partial charge < -0.3 is 14.6 Å². The minimum atomic E-state index is -0.291. The number of benzene rings is 3. The lowest BCUT2D eigenvalue weighted by molar-refractivity contribution is 0.0955. The molecule has 0 aromatic heterocycles. The van der Waals surface area contributed by atoms with Gasteiger partial charge in [0.25, 0.3) is 0 Å². The van der Waals surface area contributed by atoms with Crippen LogP contribution in [0.15, 0.2) is 70.9 Å². The summed E-state index contributed by atoms with van der Waals surface area (Å²) in [7, 11) is 1.64. The van der Waals surface area contributed by atoms with Crippen LogP contribution < -0.4 is 9.47 Å². The van der Waals surface area contributed by atoms with E-state index in [2.05, 4.69) is 18.1 Å².